The van der Waals surface area contributed by atoms with Gasteiger partial charge in [0.2, 0.25) is 0 Å². The van der Waals surface area contributed by atoms with E-state index in [0.717, 1.165) is 18.1 Å². The molecule has 0 saturated carbocycles. The monoisotopic (exact) mass is 203 g/mol. The molecule has 0 radical (unpaired) electrons. The van der Waals surface area contributed by atoms with Crippen LogP contribution in [-0.4, -0.2) is 29.2 Å². The van der Waals surface area contributed by atoms with E-state index in [1.165, 1.54) is 0 Å². The number of ether oxygens (including phenoxy) is 1. The zero-order valence-corrected chi connectivity index (χ0v) is 9.24. The highest BCUT2D eigenvalue weighted by molar-refractivity contribution is 7.99. The van der Waals surface area contributed by atoms with E-state index in [1.807, 2.05) is 32.5 Å². The minimum absolute atomic E-state index is 0.0968. The Kier molecular flexibility index (Phi) is 3.62. The van der Waals surface area contributed by atoms with E-state index in [4.69, 9.17) is 4.74 Å². The summed E-state index contributed by atoms with van der Waals surface area (Å²) in [5.74, 6) is 1.77. The van der Waals surface area contributed by atoms with Gasteiger partial charge in [-0.15, -0.1) is 11.8 Å². The van der Waals surface area contributed by atoms with Gasteiger partial charge in [0.05, 0.1) is 0 Å². The molecule has 1 N–H and O–H groups in total. The van der Waals surface area contributed by atoms with Crippen LogP contribution in [0, 0.1) is 0 Å². The van der Waals surface area contributed by atoms with Gasteiger partial charge in [-0.3, -0.25) is 10.1 Å². The van der Waals surface area contributed by atoms with Crippen LogP contribution < -0.4 is 5.32 Å². The number of carbonyl (C=O) groups is 1. The van der Waals surface area contributed by atoms with Crippen molar-refractivity contribution in [3.8, 4) is 0 Å². The summed E-state index contributed by atoms with van der Waals surface area (Å²) in [6.07, 6.45) is 0.875. The van der Waals surface area contributed by atoms with Crippen molar-refractivity contribution in [1.82, 2.24) is 5.32 Å². The smallest absolute Gasteiger partial charge is 0.323 e. The molecule has 1 aliphatic rings. The molecule has 1 atom stereocenters. The van der Waals surface area contributed by atoms with Crippen molar-refractivity contribution in [1.29, 1.82) is 0 Å². The van der Waals surface area contributed by atoms with E-state index in [0.29, 0.717) is 0 Å². The van der Waals surface area contributed by atoms with Crippen LogP contribution in [0.3, 0.4) is 0 Å². The van der Waals surface area contributed by atoms with Crippen LogP contribution in [0.5, 0.6) is 0 Å². The normalized spacial score (nSPS) is 24.1. The molecule has 0 aromatic heterocycles. The zero-order valence-electron chi connectivity index (χ0n) is 8.42. The number of hydrogen-bond donors (Lipinski definition) is 1. The molecular formula is C9H17NO2S. The average Bonchev–Trinajstić information content (AvgIpc) is 2.03. The predicted octanol–water partition coefficient (Wildman–Crippen LogP) is 1.38. The topological polar surface area (TPSA) is 38.3 Å². The van der Waals surface area contributed by atoms with Crippen molar-refractivity contribution < 1.29 is 9.53 Å². The quantitative estimate of drug-likeness (QED) is 0.653. The molecule has 1 aliphatic heterocycles. The number of nitrogens with one attached hydrogen (secondary N) is 1. The first-order valence-electron chi connectivity index (χ1n) is 4.53. The number of thioether (sulfide) groups is 1. The lowest BCUT2D eigenvalue weighted by atomic mass is 10.1. The summed E-state index contributed by atoms with van der Waals surface area (Å²) in [5.41, 5.74) is -0.372. The van der Waals surface area contributed by atoms with Crippen LogP contribution in [0.15, 0.2) is 0 Å². The molecule has 0 aromatic carbocycles. The third kappa shape index (κ3) is 4.00. The Balaban J connectivity index is 2.38. The Morgan fingerprint density at radius 3 is 2.69 bits per heavy atom. The molecule has 1 fully saturated rings. The maximum absolute atomic E-state index is 11.5. The van der Waals surface area contributed by atoms with Crippen LogP contribution in [-0.2, 0) is 9.53 Å². The molecule has 1 unspecified atom stereocenters. The molecule has 13 heavy (non-hydrogen) atoms. The maximum atomic E-state index is 11.5. The summed E-state index contributed by atoms with van der Waals surface area (Å²) < 4.78 is 5.27. The van der Waals surface area contributed by atoms with Crippen molar-refractivity contribution in [2.75, 3.05) is 11.6 Å². The standard InChI is InChI=1S/C9H17NO2S/c1-9(2,3)12-8(11)7-4-5-13-6-10-7/h7,10H,4-6H2,1-3H3. The first kappa shape index (κ1) is 10.9. The first-order chi connectivity index (χ1) is 5.99. The molecular weight excluding hydrogens is 186 g/mol. The Labute approximate surface area is 83.6 Å². The molecule has 0 spiro atoms. The maximum Gasteiger partial charge on any atom is 0.323 e. The van der Waals surface area contributed by atoms with Crippen molar-refractivity contribution in [2.24, 2.45) is 0 Å². The highest BCUT2D eigenvalue weighted by Gasteiger charge is 2.26. The van der Waals surface area contributed by atoms with Gasteiger partial charge in [-0.2, -0.15) is 0 Å². The summed E-state index contributed by atoms with van der Waals surface area (Å²) in [7, 11) is 0. The Hall–Kier alpha value is -0.220. The molecule has 0 amide bonds. The molecule has 1 heterocycles. The zero-order chi connectivity index (χ0) is 9.90. The van der Waals surface area contributed by atoms with Crippen molar-refractivity contribution in [3.63, 3.8) is 0 Å². The van der Waals surface area contributed by atoms with Gasteiger partial charge in [0.1, 0.15) is 11.6 Å². The molecule has 0 aliphatic carbocycles. The Morgan fingerprint density at radius 2 is 2.23 bits per heavy atom. The summed E-state index contributed by atoms with van der Waals surface area (Å²) in [4.78, 5) is 11.5. The lowest BCUT2D eigenvalue weighted by Crippen LogP contribution is -2.43. The third-order valence-corrected chi connectivity index (χ3v) is 2.57. The molecule has 76 valence electrons. The summed E-state index contributed by atoms with van der Waals surface area (Å²) in [5, 5.41) is 3.13. The van der Waals surface area contributed by atoms with Gasteiger partial charge in [0, 0.05) is 5.88 Å². The SMILES string of the molecule is CC(C)(C)OC(=O)C1CCSCN1. The molecule has 1 rings (SSSR count). The Bertz CT molecular complexity index is 183. The highest BCUT2D eigenvalue weighted by Crippen LogP contribution is 2.14. The average molecular weight is 203 g/mol. The summed E-state index contributed by atoms with van der Waals surface area (Å²) in [6.45, 7) is 5.67. The number of carbonyl (C=O) groups excluding carboxylic acids is 1. The van der Waals surface area contributed by atoms with Crippen LogP contribution >= 0.6 is 11.8 Å². The first-order valence-corrected chi connectivity index (χ1v) is 5.68. The minimum atomic E-state index is -0.372. The van der Waals surface area contributed by atoms with E-state index in [-0.39, 0.29) is 17.6 Å². The van der Waals surface area contributed by atoms with E-state index in [2.05, 4.69) is 5.32 Å². The third-order valence-electron chi connectivity index (χ3n) is 1.67. The fraction of sp³-hybridized carbons (Fsp3) is 0.889. The molecule has 1 saturated heterocycles. The Morgan fingerprint density at radius 1 is 1.54 bits per heavy atom. The number of hydrogen-bond acceptors (Lipinski definition) is 4. The number of esters is 1. The van der Waals surface area contributed by atoms with Gasteiger partial charge in [0.25, 0.3) is 0 Å². The van der Waals surface area contributed by atoms with Gasteiger partial charge in [-0.05, 0) is 32.9 Å². The summed E-state index contributed by atoms with van der Waals surface area (Å²) in [6, 6.07) is -0.0968. The van der Waals surface area contributed by atoms with Gasteiger partial charge in [-0.25, -0.2) is 0 Å². The van der Waals surface area contributed by atoms with E-state index < -0.39 is 0 Å². The minimum Gasteiger partial charge on any atom is -0.459 e. The van der Waals surface area contributed by atoms with Crippen LogP contribution in [0.1, 0.15) is 27.2 Å². The van der Waals surface area contributed by atoms with Crippen molar-refractivity contribution >= 4 is 17.7 Å². The second-order valence-corrected chi connectivity index (χ2v) is 5.24. The van der Waals surface area contributed by atoms with Gasteiger partial charge in [-0.1, -0.05) is 0 Å². The lowest BCUT2D eigenvalue weighted by Gasteiger charge is -2.26. The summed E-state index contributed by atoms with van der Waals surface area (Å²) >= 11 is 1.82. The fourth-order valence-corrected chi connectivity index (χ4v) is 1.97. The highest BCUT2D eigenvalue weighted by atomic mass is 32.2. The van der Waals surface area contributed by atoms with Crippen molar-refractivity contribution in [3.05, 3.63) is 0 Å². The largest absolute Gasteiger partial charge is 0.459 e. The van der Waals surface area contributed by atoms with Gasteiger partial charge >= 0.3 is 5.97 Å². The fourth-order valence-electron chi connectivity index (χ4n) is 1.11. The van der Waals surface area contributed by atoms with Crippen LogP contribution in [0.25, 0.3) is 0 Å². The second-order valence-electron chi connectivity index (χ2n) is 4.13. The molecule has 0 bridgehead atoms. The van der Waals surface area contributed by atoms with E-state index in [1.54, 1.807) is 0 Å². The van der Waals surface area contributed by atoms with Crippen LogP contribution in [0.4, 0.5) is 0 Å². The number of rotatable bonds is 1. The molecule has 3 nitrogen and oxygen atoms in total. The molecule has 0 aromatic rings. The lowest BCUT2D eigenvalue weighted by molar-refractivity contribution is -0.157. The van der Waals surface area contributed by atoms with Gasteiger partial charge < -0.3 is 4.74 Å². The van der Waals surface area contributed by atoms with Crippen LogP contribution in [0.2, 0.25) is 0 Å². The second kappa shape index (κ2) is 4.33. The molecule has 4 heteroatoms. The predicted molar refractivity (Wildman–Crippen MR) is 54.7 cm³/mol. The van der Waals surface area contributed by atoms with Crippen molar-refractivity contribution in [2.45, 2.75) is 38.8 Å². The van der Waals surface area contributed by atoms with E-state index in [9.17, 15) is 4.79 Å². The van der Waals surface area contributed by atoms with Gasteiger partial charge in [0.15, 0.2) is 0 Å². The van der Waals surface area contributed by atoms with E-state index >= 15 is 0 Å².